The SMILES string of the molecule is C=C(CN(C)CCSC)[B-](F)(F)F. The molecule has 0 heterocycles. The monoisotopic (exact) mass is 212 g/mol. The molecule has 0 N–H and O–H groups in total. The summed E-state index contributed by atoms with van der Waals surface area (Å²) in [6.45, 7) is -1.26. The highest BCUT2D eigenvalue weighted by Crippen LogP contribution is 2.18. The fourth-order valence-electron chi connectivity index (χ4n) is 0.776. The lowest BCUT2D eigenvalue weighted by Crippen LogP contribution is -2.31. The average molecular weight is 212 g/mol. The summed E-state index contributed by atoms with van der Waals surface area (Å²) in [4.78, 5) is 1.63. The lowest BCUT2D eigenvalue weighted by atomic mass is 9.80. The van der Waals surface area contributed by atoms with E-state index in [0.29, 0.717) is 6.54 Å². The fourth-order valence-corrected chi connectivity index (χ4v) is 1.27. The maximum absolute atomic E-state index is 12.1. The number of hydrogen-bond donors (Lipinski definition) is 0. The maximum atomic E-state index is 12.1. The van der Waals surface area contributed by atoms with Crippen molar-refractivity contribution < 1.29 is 12.9 Å². The van der Waals surface area contributed by atoms with E-state index in [0.717, 1.165) is 5.75 Å². The molecule has 1 nitrogen and oxygen atoms in total. The van der Waals surface area contributed by atoms with Crippen LogP contribution in [0.2, 0.25) is 0 Å². The van der Waals surface area contributed by atoms with Gasteiger partial charge in [-0.05, 0) is 19.8 Å². The van der Waals surface area contributed by atoms with Crippen molar-refractivity contribution in [3.8, 4) is 0 Å². The Labute approximate surface area is 81.4 Å². The van der Waals surface area contributed by atoms with Gasteiger partial charge in [0.25, 0.3) is 0 Å². The van der Waals surface area contributed by atoms with E-state index in [1.54, 1.807) is 23.7 Å². The Morgan fingerprint density at radius 3 is 2.38 bits per heavy atom. The van der Waals surface area contributed by atoms with Crippen molar-refractivity contribution in [1.29, 1.82) is 0 Å². The summed E-state index contributed by atoms with van der Waals surface area (Å²) < 4.78 is 36.2. The summed E-state index contributed by atoms with van der Waals surface area (Å²) in [5.41, 5.74) is -0.622. The van der Waals surface area contributed by atoms with Gasteiger partial charge in [0.2, 0.25) is 0 Å². The highest BCUT2D eigenvalue weighted by atomic mass is 32.2. The summed E-state index contributed by atoms with van der Waals surface area (Å²) in [5, 5.41) is 0. The minimum Gasteiger partial charge on any atom is -0.445 e. The Morgan fingerprint density at radius 2 is 2.00 bits per heavy atom. The van der Waals surface area contributed by atoms with Crippen molar-refractivity contribution in [1.82, 2.24) is 4.90 Å². The first-order valence-electron chi connectivity index (χ1n) is 3.93. The first kappa shape index (κ1) is 12.9. The molecular formula is C7H14BF3NS-. The minimum absolute atomic E-state index is 0.0793. The first-order chi connectivity index (χ1) is 5.88. The van der Waals surface area contributed by atoms with Gasteiger partial charge in [-0.3, -0.25) is 0 Å². The van der Waals surface area contributed by atoms with E-state index in [1.165, 1.54) is 0 Å². The standard InChI is InChI=1S/C7H14BF3NS/c1-7(8(9,10)11)6-12(2)4-5-13-3/h1,4-6H2,2-3H3/q-1. The number of halogens is 3. The van der Waals surface area contributed by atoms with Gasteiger partial charge in [0.15, 0.2) is 0 Å². The second-order valence-corrected chi connectivity index (χ2v) is 3.95. The Bertz CT molecular complexity index is 172. The van der Waals surface area contributed by atoms with Crippen molar-refractivity contribution in [3.63, 3.8) is 0 Å². The van der Waals surface area contributed by atoms with Crippen LogP contribution in [0.3, 0.4) is 0 Å². The van der Waals surface area contributed by atoms with E-state index in [4.69, 9.17) is 0 Å². The molecule has 0 rings (SSSR count). The zero-order valence-electron chi connectivity index (χ0n) is 7.90. The molecule has 0 saturated carbocycles. The maximum Gasteiger partial charge on any atom is 0.506 e. The zero-order chi connectivity index (χ0) is 10.5. The average Bonchev–Trinajstić information content (AvgIpc) is 1.99. The van der Waals surface area contributed by atoms with Crippen LogP contribution in [0.5, 0.6) is 0 Å². The van der Waals surface area contributed by atoms with Crippen molar-refractivity contribution in [2.24, 2.45) is 0 Å². The van der Waals surface area contributed by atoms with Crippen LogP contribution in [0.15, 0.2) is 12.1 Å². The number of likely N-dealkylation sites (N-methyl/N-ethyl adjacent to an activating group) is 1. The van der Waals surface area contributed by atoms with E-state index >= 15 is 0 Å². The lowest BCUT2D eigenvalue weighted by Gasteiger charge is -2.23. The Balaban J connectivity index is 3.79. The molecule has 0 aliphatic heterocycles. The summed E-state index contributed by atoms with van der Waals surface area (Å²) in [6, 6.07) is 0. The topological polar surface area (TPSA) is 3.24 Å². The molecule has 0 radical (unpaired) electrons. The molecule has 13 heavy (non-hydrogen) atoms. The van der Waals surface area contributed by atoms with Gasteiger partial charge < -0.3 is 17.8 Å². The number of nitrogens with zero attached hydrogens (tertiary/aromatic N) is 1. The number of thioether (sulfide) groups is 1. The largest absolute Gasteiger partial charge is 0.506 e. The Kier molecular flexibility index (Phi) is 5.56. The molecule has 0 aromatic heterocycles. The van der Waals surface area contributed by atoms with Gasteiger partial charge in [0, 0.05) is 12.3 Å². The van der Waals surface area contributed by atoms with Crippen LogP contribution in [0.1, 0.15) is 0 Å². The van der Waals surface area contributed by atoms with E-state index < -0.39 is 12.4 Å². The molecule has 78 valence electrons. The second-order valence-electron chi connectivity index (χ2n) is 2.96. The molecular weight excluding hydrogens is 198 g/mol. The quantitative estimate of drug-likeness (QED) is 0.621. The molecule has 0 unspecified atom stereocenters. The van der Waals surface area contributed by atoms with Crippen LogP contribution in [-0.4, -0.2) is 44.0 Å². The normalized spacial score (nSPS) is 12.2. The van der Waals surface area contributed by atoms with Gasteiger partial charge in [0.1, 0.15) is 0 Å². The van der Waals surface area contributed by atoms with E-state index in [2.05, 4.69) is 6.58 Å². The molecule has 0 aliphatic carbocycles. The Hall–Kier alpha value is -0.0951. The van der Waals surface area contributed by atoms with Crippen LogP contribution in [0, 0.1) is 0 Å². The minimum atomic E-state index is -4.86. The molecule has 0 bridgehead atoms. The zero-order valence-corrected chi connectivity index (χ0v) is 8.71. The van der Waals surface area contributed by atoms with Gasteiger partial charge in [0.05, 0.1) is 0 Å². The van der Waals surface area contributed by atoms with Crippen molar-refractivity contribution in [3.05, 3.63) is 12.1 Å². The number of rotatable bonds is 6. The highest BCUT2D eigenvalue weighted by molar-refractivity contribution is 7.98. The lowest BCUT2D eigenvalue weighted by molar-refractivity contribution is 0.379. The van der Waals surface area contributed by atoms with Gasteiger partial charge in [-0.1, -0.05) is 0 Å². The van der Waals surface area contributed by atoms with Gasteiger partial charge in [-0.2, -0.15) is 11.8 Å². The van der Waals surface area contributed by atoms with E-state index in [-0.39, 0.29) is 6.54 Å². The third-order valence-electron chi connectivity index (χ3n) is 1.61. The molecule has 0 saturated heterocycles. The van der Waals surface area contributed by atoms with E-state index in [1.807, 2.05) is 6.26 Å². The van der Waals surface area contributed by atoms with Crippen molar-refractivity contribution in [2.75, 3.05) is 32.1 Å². The molecule has 0 aliphatic rings. The molecule has 0 aromatic carbocycles. The van der Waals surface area contributed by atoms with Gasteiger partial charge in [-0.25, -0.2) is 0 Å². The smallest absolute Gasteiger partial charge is 0.445 e. The van der Waals surface area contributed by atoms with Crippen LogP contribution in [-0.2, 0) is 0 Å². The van der Waals surface area contributed by atoms with E-state index in [9.17, 15) is 12.9 Å². The van der Waals surface area contributed by atoms with Crippen LogP contribution in [0.25, 0.3) is 0 Å². The van der Waals surface area contributed by atoms with Crippen molar-refractivity contribution >= 4 is 18.7 Å². The third-order valence-corrected chi connectivity index (χ3v) is 2.20. The highest BCUT2D eigenvalue weighted by Gasteiger charge is 2.26. The molecule has 0 amide bonds. The summed E-state index contributed by atoms with van der Waals surface area (Å²) >= 11 is 1.62. The Morgan fingerprint density at radius 1 is 1.46 bits per heavy atom. The van der Waals surface area contributed by atoms with Crippen molar-refractivity contribution in [2.45, 2.75) is 0 Å². The summed E-state index contributed by atoms with van der Waals surface area (Å²) in [7, 11) is 1.67. The van der Waals surface area contributed by atoms with Crippen LogP contribution in [0.4, 0.5) is 12.9 Å². The predicted octanol–water partition coefficient (Wildman–Crippen LogP) is 2.22. The second kappa shape index (κ2) is 5.60. The molecule has 0 aromatic rings. The fraction of sp³-hybridized carbons (Fsp3) is 0.714. The molecule has 0 atom stereocenters. The summed E-state index contributed by atoms with van der Waals surface area (Å²) in [5.74, 6) is 0.842. The summed E-state index contributed by atoms with van der Waals surface area (Å²) in [6.07, 6.45) is 1.93. The van der Waals surface area contributed by atoms with Crippen LogP contribution >= 0.6 is 11.8 Å². The number of hydrogen-bond acceptors (Lipinski definition) is 2. The van der Waals surface area contributed by atoms with Crippen LogP contribution < -0.4 is 0 Å². The molecule has 0 spiro atoms. The van der Waals surface area contributed by atoms with Gasteiger partial charge >= 0.3 is 6.98 Å². The predicted molar refractivity (Wildman–Crippen MR) is 54.1 cm³/mol. The third kappa shape index (κ3) is 6.04. The molecule has 0 fully saturated rings. The first-order valence-corrected chi connectivity index (χ1v) is 5.32. The van der Waals surface area contributed by atoms with Gasteiger partial charge in [-0.15, -0.1) is 12.1 Å². The molecule has 6 heteroatoms.